The number of anilines is 2. The number of aromatic carboxylic acids is 1. The lowest BCUT2D eigenvalue weighted by Crippen LogP contribution is -2.52. The van der Waals surface area contributed by atoms with E-state index in [2.05, 4.69) is 16.8 Å². The van der Waals surface area contributed by atoms with Crippen LogP contribution in [-0.2, 0) is 6.54 Å². The molecule has 0 bridgehead atoms. The summed E-state index contributed by atoms with van der Waals surface area (Å²) in [7, 11) is 1.64. The number of carboxylic acid groups (broad SMARTS) is 1. The zero-order chi connectivity index (χ0) is 25.6. The van der Waals surface area contributed by atoms with Crippen molar-refractivity contribution in [3.63, 3.8) is 0 Å². The monoisotopic (exact) mass is 490 g/mol. The first-order chi connectivity index (χ1) is 17.3. The van der Waals surface area contributed by atoms with Crippen LogP contribution in [-0.4, -0.2) is 53.4 Å². The van der Waals surface area contributed by atoms with Crippen LogP contribution in [0.3, 0.4) is 0 Å². The van der Waals surface area contributed by atoms with E-state index in [9.17, 15) is 14.7 Å². The van der Waals surface area contributed by atoms with Crippen LogP contribution in [0.1, 0.15) is 24.2 Å². The summed E-state index contributed by atoms with van der Waals surface area (Å²) in [6, 6.07) is 11.3. The van der Waals surface area contributed by atoms with Gasteiger partial charge in [0.15, 0.2) is 5.82 Å². The van der Waals surface area contributed by atoms with Crippen LogP contribution < -0.4 is 20.0 Å². The Morgan fingerprint density at radius 1 is 1.25 bits per heavy atom. The van der Waals surface area contributed by atoms with Crippen LogP contribution in [0.4, 0.5) is 15.8 Å². The molecule has 0 radical (unpaired) electrons. The Bertz CT molecular complexity index is 1550. The van der Waals surface area contributed by atoms with Crippen molar-refractivity contribution in [3.8, 4) is 5.75 Å². The van der Waals surface area contributed by atoms with Crippen LogP contribution >= 0.6 is 0 Å². The summed E-state index contributed by atoms with van der Waals surface area (Å²) in [6.07, 6.45) is 2.76. The maximum atomic E-state index is 15.8. The molecule has 1 aliphatic rings. The number of methoxy groups -OCH3 is 1. The average molecular weight is 491 g/mol. The minimum atomic E-state index is -1.31. The molecular weight excluding hydrogens is 463 g/mol. The number of carboxylic acids is 1. The fourth-order valence-corrected chi connectivity index (χ4v) is 5.09. The van der Waals surface area contributed by atoms with Gasteiger partial charge in [-0.15, -0.1) is 0 Å². The average Bonchev–Trinajstić information content (AvgIpc) is 2.88. The van der Waals surface area contributed by atoms with Gasteiger partial charge in [-0.2, -0.15) is 0 Å². The van der Waals surface area contributed by atoms with Crippen molar-refractivity contribution >= 4 is 39.1 Å². The van der Waals surface area contributed by atoms with Crippen LogP contribution in [0.5, 0.6) is 5.75 Å². The van der Waals surface area contributed by atoms with E-state index in [-0.39, 0.29) is 22.5 Å². The molecule has 0 spiro atoms. The predicted octanol–water partition coefficient (Wildman–Crippen LogP) is 4.13. The maximum Gasteiger partial charge on any atom is 0.341 e. The van der Waals surface area contributed by atoms with Gasteiger partial charge in [-0.25, -0.2) is 9.18 Å². The van der Waals surface area contributed by atoms with Gasteiger partial charge in [0.1, 0.15) is 16.8 Å². The van der Waals surface area contributed by atoms with Gasteiger partial charge in [0.25, 0.3) is 0 Å². The number of fused-ring (bicyclic) bond motifs is 3. The minimum absolute atomic E-state index is 0.0603. The Morgan fingerprint density at radius 3 is 2.75 bits per heavy atom. The molecule has 1 atom stereocenters. The van der Waals surface area contributed by atoms with Crippen molar-refractivity contribution in [2.45, 2.75) is 26.4 Å². The number of ether oxygens (including phenoxy) is 1. The molecule has 1 aliphatic heterocycles. The van der Waals surface area contributed by atoms with E-state index in [1.165, 1.54) is 12.4 Å². The van der Waals surface area contributed by atoms with Crippen molar-refractivity contribution in [1.82, 2.24) is 9.55 Å². The highest BCUT2D eigenvalue weighted by Gasteiger charge is 2.27. The highest BCUT2D eigenvalue weighted by atomic mass is 19.1. The summed E-state index contributed by atoms with van der Waals surface area (Å²) in [4.78, 5) is 33.3. The summed E-state index contributed by atoms with van der Waals surface area (Å²) in [6.45, 7) is 6.27. The molecule has 2 aromatic carbocycles. The van der Waals surface area contributed by atoms with E-state index in [1.807, 2.05) is 36.1 Å². The first-order valence-corrected chi connectivity index (χ1v) is 11.9. The zero-order valence-electron chi connectivity index (χ0n) is 20.4. The quantitative estimate of drug-likeness (QED) is 0.421. The molecule has 0 aliphatic carbocycles. The number of halogens is 1. The largest absolute Gasteiger partial charge is 0.497 e. The van der Waals surface area contributed by atoms with Crippen LogP contribution in [0, 0.1) is 5.82 Å². The summed E-state index contributed by atoms with van der Waals surface area (Å²) >= 11 is 0. The summed E-state index contributed by atoms with van der Waals surface area (Å²) in [5.74, 6) is -1.04. The van der Waals surface area contributed by atoms with Gasteiger partial charge in [0, 0.05) is 55.6 Å². The molecule has 4 aromatic rings. The molecule has 1 saturated heterocycles. The van der Waals surface area contributed by atoms with Crippen molar-refractivity contribution in [2.24, 2.45) is 0 Å². The number of piperazine rings is 1. The molecule has 9 heteroatoms. The molecule has 3 heterocycles. The first kappa shape index (κ1) is 23.6. The first-order valence-electron chi connectivity index (χ1n) is 11.9. The van der Waals surface area contributed by atoms with Crippen LogP contribution in [0.15, 0.2) is 53.6 Å². The molecule has 36 heavy (non-hydrogen) atoms. The number of carbonyl (C=O) groups is 1. The predicted molar refractivity (Wildman–Crippen MR) is 138 cm³/mol. The molecule has 1 fully saturated rings. The molecule has 186 valence electrons. The second-order valence-corrected chi connectivity index (χ2v) is 8.97. The summed E-state index contributed by atoms with van der Waals surface area (Å²) in [5, 5.41) is 10.0. The number of pyridine rings is 2. The van der Waals surface area contributed by atoms with Gasteiger partial charge in [0.2, 0.25) is 5.43 Å². The molecular formula is C27H27FN4O4. The number of hydrogen-bond donors (Lipinski definition) is 1. The highest BCUT2D eigenvalue weighted by molar-refractivity contribution is 6.07. The Hall–Kier alpha value is -4.14. The third kappa shape index (κ3) is 3.80. The van der Waals surface area contributed by atoms with Crippen molar-refractivity contribution < 1.29 is 19.0 Å². The number of aromatic nitrogens is 2. The fraction of sp³-hybridized carbons (Fsp3) is 0.296. The van der Waals surface area contributed by atoms with Gasteiger partial charge in [-0.05, 0) is 38.1 Å². The molecule has 2 aromatic heterocycles. The SMILES string of the molecule is CCn1cc(C(=O)O)c(=O)c2c3ccc(N4CCN(c5cccc(OC)c5)C(C)C4)c(F)c3ncc21. The van der Waals surface area contributed by atoms with E-state index in [0.717, 1.165) is 11.4 Å². The van der Waals surface area contributed by atoms with Gasteiger partial charge < -0.3 is 24.2 Å². The number of rotatable bonds is 5. The van der Waals surface area contributed by atoms with E-state index >= 15 is 4.39 Å². The van der Waals surface area contributed by atoms with Gasteiger partial charge in [-0.1, -0.05) is 6.07 Å². The van der Waals surface area contributed by atoms with Gasteiger partial charge in [-0.3, -0.25) is 9.78 Å². The number of nitrogens with zero attached hydrogens (tertiary/aromatic N) is 4. The minimum Gasteiger partial charge on any atom is -0.497 e. The lowest BCUT2D eigenvalue weighted by atomic mass is 10.0. The van der Waals surface area contributed by atoms with E-state index in [1.54, 1.807) is 23.8 Å². The summed E-state index contributed by atoms with van der Waals surface area (Å²) < 4.78 is 22.8. The number of aryl methyl sites for hydroxylation is 1. The normalized spacial score (nSPS) is 16.1. The Balaban J connectivity index is 1.54. The Kier molecular flexibility index (Phi) is 5.99. The van der Waals surface area contributed by atoms with Crippen molar-refractivity contribution in [3.05, 3.63) is 70.4 Å². The molecule has 0 saturated carbocycles. The van der Waals surface area contributed by atoms with Gasteiger partial charge >= 0.3 is 5.97 Å². The number of hydrogen-bond acceptors (Lipinski definition) is 6. The topological polar surface area (TPSA) is 87.9 Å². The van der Waals surface area contributed by atoms with Gasteiger partial charge in [0.05, 0.1) is 29.9 Å². The molecule has 5 rings (SSSR count). The standard InChI is InChI=1S/C27H27FN4O4/c1-4-30-15-20(27(34)35)26(33)23-19-8-9-21(24(28)25(19)29-13-22(23)30)31-10-11-32(16(2)14-31)17-6-5-7-18(12-17)36-3/h5-9,12-13,15-16H,4,10-11,14H2,1-3H3,(H,34,35). The third-order valence-electron chi connectivity index (χ3n) is 6.93. The lowest BCUT2D eigenvalue weighted by Gasteiger charge is -2.42. The molecule has 8 nitrogen and oxygen atoms in total. The molecule has 1 unspecified atom stereocenters. The van der Waals surface area contributed by atoms with Crippen molar-refractivity contribution in [2.75, 3.05) is 36.5 Å². The number of benzene rings is 2. The summed E-state index contributed by atoms with van der Waals surface area (Å²) in [5.41, 5.74) is 1.02. The Labute approximate surface area is 207 Å². The highest BCUT2D eigenvalue weighted by Crippen LogP contribution is 2.32. The van der Waals surface area contributed by atoms with Crippen LogP contribution in [0.2, 0.25) is 0 Å². The zero-order valence-corrected chi connectivity index (χ0v) is 20.4. The van der Waals surface area contributed by atoms with Crippen LogP contribution in [0.25, 0.3) is 21.8 Å². The fourth-order valence-electron chi connectivity index (χ4n) is 5.09. The maximum absolute atomic E-state index is 15.8. The van der Waals surface area contributed by atoms with E-state index in [4.69, 9.17) is 4.74 Å². The second-order valence-electron chi connectivity index (χ2n) is 8.97. The van der Waals surface area contributed by atoms with E-state index < -0.39 is 17.2 Å². The molecule has 0 amide bonds. The smallest absolute Gasteiger partial charge is 0.341 e. The molecule has 1 N–H and O–H groups in total. The Morgan fingerprint density at radius 2 is 2.06 bits per heavy atom. The van der Waals surface area contributed by atoms with Crippen molar-refractivity contribution in [1.29, 1.82) is 0 Å². The lowest BCUT2D eigenvalue weighted by molar-refractivity contribution is 0.0695. The third-order valence-corrected chi connectivity index (χ3v) is 6.93. The van der Waals surface area contributed by atoms with E-state index in [0.29, 0.717) is 42.8 Å². The second kappa shape index (κ2) is 9.14.